The van der Waals surface area contributed by atoms with Crippen LogP contribution in [0, 0.1) is 28.6 Å². The Kier molecular flexibility index (Phi) is 4.51. The summed E-state index contributed by atoms with van der Waals surface area (Å²) in [5.74, 6) is 2.17. The number of carbonyl (C=O) groups is 1. The van der Waals surface area contributed by atoms with Crippen LogP contribution in [0.4, 0.5) is 0 Å². The van der Waals surface area contributed by atoms with Crippen molar-refractivity contribution in [2.24, 2.45) is 28.6 Å². The van der Waals surface area contributed by atoms with Gasteiger partial charge in [0.25, 0.3) is 0 Å². The van der Waals surface area contributed by atoms with Crippen molar-refractivity contribution in [3.63, 3.8) is 0 Å². The van der Waals surface area contributed by atoms with Crippen LogP contribution in [-0.2, 0) is 9.53 Å². The van der Waals surface area contributed by atoms with Crippen LogP contribution < -0.4 is 0 Å². The number of hydrogen-bond donors (Lipinski definition) is 0. The van der Waals surface area contributed by atoms with E-state index >= 15 is 0 Å². The van der Waals surface area contributed by atoms with Crippen molar-refractivity contribution >= 4 is 5.97 Å². The fourth-order valence-electron chi connectivity index (χ4n) is 5.55. The zero-order valence-electron chi connectivity index (χ0n) is 14.0. The van der Waals surface area contributed by atoms with E-state index in [0.717, 1.165) is 18.3 Å². The second-order valence-electron chi connectivity index (χ2n) is 8.19. The molecule has 0 saturated heterocycles. The standard InChI is InChI=1S/C18H32O2/c1-13-7-8-16-17(3,4)10-6-11-18(16,5)15(13)9-12-20-14(2)19/h13,15-16H,6-12H2,1-5H3. The molecule has 20 heavy (non-hydrogen) atoms. The fourth-order valence-corrected chi connectivity index (χ4v) is 5.55. The molecule has 0 N–H and O–H groups in total. The first-order valence-electron chi connectivity index (χ1n) is 8.41. The molecule has 0 radical (unpaired) electrons. The first-order chi connectivity index (χ1) is 9.27. The van der Waals surface area contributed by atoms with Crippen molar-refractivity contribution in [2.45, 2.75) is 73.1 Å². The molecule has 2 saturated carbocycles. The molecule has 4 unspecified atom stereocenters. The van der Waals surface area contributed by atoms with Gasteiger partial charge in [0.2, 0.25) is 0 Å². The fraction of sp³-hybridized carbons (Fsp3) is 0.944. The maximum atomic E-state index is 11.0. The van der Waals surface area contributed by atoms with Crippen molar-refractivity contribution in [3.8, 4) is 0 Å². The van der Waals surface area contributed by atoms with E-state index in [-0.39, 0.29) is 5.97 Å². The van der Waals surface area contributed by atoms with E-state index < -0.39 is 0 Å². The zero-order chi connectivity index (χ0) is 15.0. The number of carbonyl (C=O) groups excluding carboxylic acids is 1. The van der Waals surface area contributed by atoms with Gasteiger partial charge in [-0.3, -0.25) is 4.79 Å². The highest BCUT2D eigenvalue weighted by Crippen LogP contribution is 2.61. The van der Waals surface area contributed by atoms with Gasteiger partial charge in [0.15, 0.2) is 0 Å². The van der Waals surface area contributed by atoms with Crippen LogP contribution in [0.25, 0.3) is 0 Å². The van der Waals surface area contributed by atoms with Gasteiger partial charge in [-0.25, -0.2) is 0 Å². The number of hydrogen-bond acceptors (Lipinski definition) is 2. The Balaban J connectivity index is 2.13. The van der Waals surface area contributed by atoms with E-state index in [2.05, 4.69) is 27.7 Å². The summed E-state index contributed by atoms with van der Waals surface area (Å²) >= 11 is 0. The maximum Gasteiger partial charge on any atom is 0.302 e. The SMILES string of the molecule is CC(=O)OCCC1C(C)CCC2C(C)(C)CCCC12C. The van der Waals surface area contributed by atoms with Crippen LogP contribution in [0.15, 0.2) is 0 Å². The van der Waals surface area contributed by atoms with Crippen molar-refractivity contribution in [1.82, 2.24) is 0 Å². The predicted octanol–water partition coefficient (Wildman–Crippen LogP) is 4.82. The van der Waals surface area contributed by atoms with E-state index in [0.29, 0.717) is 23.4 Å². The van der Waals surface area contributed by atoms with Crippen molar-refractivity contribution in [2.75, 3.05) is 6.61 Å². The van der Waals surface area contributed by atoms with E-state index in [1.807, 2.05) is 0 Å². The average Bonchev–Trinajstić information content (AvgIpc) is 2.31. The van der Waals surface area contributed by atoms with Crippen LogP contribution >= 0.6 is 0 Å². The van der Waals surface area contributed by atoms with Gasteiger partial charge in [0, 0.05) is 6.92 Å². The molecule has 2 heteroatoms. The molecule has 2 rings (SSSR count). The minimum atomic E-state index is -0.140. The van der Waals surface area contributed by atoms with Gasteiger partial charge in [0.05, 0.1) is 6.61 Å². The third-order valence-electron chi connectivity index (χ3n) is 6.45. The van der Waals surface area contributed by atoms with Gasteiger partial charge in [-0.15, -0.1) is 0 Å². The van der Waals surface area contributed by atoms with Crippen molar-refractivity contribution < 1.29 is 9.53 Å². The molecular formula is C18H32O2. The number of rotatable bonds is 3. The van der Waals surface area contributed by atoms with Crippen LogP contribution in [0.3, 0.4) is 0 Å². The van der Waals surface area contributed by atoms with E-state index in [1.54, 1.807) is 0 Å². The van der Waals surface area contributed by atoms with Crippen LogP contribution in [-0.4, -0.2) is 12.6 Å². The highest BCUT2D eigenvalue weighted by Gasteiger charge is 2.53. The minimum Gasteiger partial charge on any atom is -0.466 e. The molecular weight excluding hydrogens is 248 g/mol. The molecule has 0 aromatic heterocycles. The van der Waals surface area contributed by atoms with E-state index in [1.165, 1.54) is 39.0 Å². The number of fused-ring (bicyclic) bond motifs is 1. The average molecular weight is 280 g/mol. The summed E-state index contributed by atoms with van der Waals surface area (Å²) in [6.07, 6.45) is 7.86. The first-order valence-corrected chi connectivity index (χ1v) is 8.41. The lowest BCUT2D eigenvalue weighted by Gasteiger charge is -2.59. The summed E-state index contributed by atoms with van der Waals surface area (Å²) in [4.78, 5) is 11.0. The summed E-state index contributed by atoms with van der Waals surface area (Å²) < 4.78 is 5.23. The molecule has 0 aromatic rings. The summed E-state index contributed by atoms with van der Waals surface area (Å²) in [7, 11) is 0. The second-order valence-corrected chi connectivity index (χ2v) is 8.19. The molecule has 0 spiro atoms. The van der Waals surface area contributed by atoms with Crippen LogP contribution in [0.1, 0.15) is 73.1 Å². The van der Waals surface area contributed by atoms with Gasteiger partial charge in [-0.2, -0.15) is 0 Å². The van der Waals surface area contributed by atoms with Gasteiger partial charge in [0.1, 0.15) is 0 Å². The van der Waals surface area contributed by atoms with E-state index in [9.17, 15) is 4.79 Å². The highest BCUT2D eigenvalue weighted by molar-refractivity contribution is 5.65. The first kappa shape index (κ1) is 15.9. The molecule has 4 atom stereocenters. The van der Waals surface area contributed by atoms with Crippen LogP contribution in [0.2, 0.25) is 0 Å². The highest BCUT2D eigenvalue weighted by atomic mass is 16.5. The quantitative estimate of drug-likeness (QED) is 0.693. The Hall–Kier alpha value is -0.530. The second kappa shape index (κ2) is 5.69. The summed E-state index contributed by atoms with van der Waals surface area (Å²) in [5, 5.41) is 0. The molecule has 2 fully saturated rings. The number of ether oxygens (including phenoxy) is 1. The molecule has 0 aromatic carbocycles. The molecule has 0 heterocycles. The van der Waals surface area contributed by atoms with E-state index in [4.69, 9.17) is 4.74 Å². The Bertz CT molecular complexity index is 360. The molecule has 116 valence electrons. The monoisotopic (exact) mass is 280 g/mol. The van der Waals surface area contributed by atoms with Gasteiger partial charge in [-0.1, -0.05) is 40.5 Å². The normalized spacial score (nSPS) is 40.0. The number of esters is 1. The summed E-state index contributed by atoms with van der Waals surface area (Å²) in [6, 6.07) is 0. The molecule has 0 amide bonds. The lowest BCUT2D eigenvalue weighted by Crippen LogP contribution is -2.51. The Morgan fingerprint density at radius 3 is 2.55 bits per heavy atom. The zero-order valence-corrected chi connectivity index (χ0v) is 14.0. The largest absolute Gasteiger partial charge is 0.466 e. The third kappa shape index (κ3) is 2.89. The van der Waals surface area contributed by atoms with Gasteiger partial charge < -0.3 is 4.74 Å². The molecule has 2 aliphatic rings. The third-order valence-corrected chi connectivity index (χ3v) is 6.45. The topological polar surface area (TPSA) is 26.3 Å². The molecule has 2 aliphatic carbocycles. The molecule has 0 aliphatic heterocycles. The Morgan fingerprint density at radius 1 is 1.20 bits per heavy atom. The molecule has 2 nitrogen and oxygen atoms in total. The van der Waals surface area contributed by atoms with Crippen molar-refractivity contribution in [3.05, 3.63) is 0 Å². The van der Waals surface area contributed by atoms with Gasteiger partial charge >= 0.3 is 5.97 Å². The lowest BCUT2D eigenvalue weighted by molar-refractivity contribution is -0.144. The van der Waals surface area contributed by atoms with Crippen LogP contribution in [0.5, 0.6) is 0 Å². The molecule has 0 bridgehead atoms. The summed E-state index contributed by atoms with van der Waals surface area (Å²) in [6.45, 7) is 12.0. The predicted molar refractivity (Wildman–Crippen MR) is 82.4 cm³/mol. The van der Waals surface area contributed by atoms with Gasteiger partial charge in [-0.05, 0) is 54.3 Å². The lowest BCUT2D eigenvalue weighted by atomic mass is 9.46. The smallest absolute Gasteiger partial charge is 0.302 e. The summed E-state index contributed by atoms with van der Waals surface area (Å²) in [5.41, 5.74) is 0.923. The Morgan fingerprint density at radius 2 is 1.90 bits per heavy atom. The maximum absolute atomic E-state index is 11.0. The van der Waals surface area contributed by atoms with Crippen molar-refractivity contribution in [1.29, 1.82) is 0 Å². The Labute approximate surface area is 124 Å². The minimum absolute atomic E-state index is 0.140.